The minimum atomic E-state index is -2.93. The van der Waals surface area contributed by atoms with E-state index in [0.717, 1.165) is 11.1 Å². The molecule has 106 valence electrons. The number of oxime groups is 1. The molecule has 19 heavy (non-hydrogen) atoms. The number of benzene rings is 1. The molecule has 0 atom stereocenters. The van der Waals surface area contributed by atoms with Gasteiger partial charge in [-0.1, -0.05) is 17.3 Å². The highest BCUT2D eigenvalue weighted by molar-refractivity contribution is 7.90. The molecule has 0 aromatic heterocycles. The summed E-state index contributed by atoms with van der Waals surface area (Å²) < 4.78 is 21.9. The van der Waals surface area contributed by atoms with Crippen molar-refractivity contribution < 1.29 is 13.6 Å². The van der Waals surface area contributed by atoms with Crippen molar-refractivity contribution in [2.24, 2.45) is 10.9 Å². The molecule has 1 aromatic rings. The van der Waals surface area contributed by atoms with Crippen LogP contribution in [0.25, 0.3) is 0 Å². The number of nitrogens with one attached hydrogen (secondary N) is 1. The van der Waals surface area contributed by atoms with Crippen LogP contribution in [0.1, 0.15) is 16.7 Å². The molecule has 4 N–H and O–H groups in total. The van der Waals surface area contributed by atoms with Crippen molar-refractivity contribution in [1.82, 2.24) is 5.32 Å². The van der Waals surface area contributed by atoms with Gasteiger partial charge in [0.25, 0.3) is 0 Å². The van der Waals surface area contributed by atoms with Crippen molar-refractivity contribution >= 4 is 15.7 Å². The van der Waals surface area contributed by atoms with Gasteiger partial charge in [0, 0.05) is 24.9 Å². The van der Waals surface area contributed by atoms with Crippen LogP contribution in [0, 0.1) is 6.92 Å². The van der Waals surface area contributed by atoms with Gasteiger partial charge in [0.1, 0.15) is 9.84 Å². The van der Waals surface area contributed by atoms with Crippen LogP contribution in [0.5, 0.6) is 0 Å². The first kappa shape index (κ1) is 15.5. The first-order valence-corrected chi connectivity index (χ1v) is 7.85. The number of amidine groups is 1. The molecule has 0 aliphatic rings. The van der Waals surface area contributed by atoms with Crippen LogP contribution < -0.4 is 11.1 Å². The number of hydrogen-bond acceptors (Lipinski definition) is 5. The number of aryl methyl sites for hydroxylation is 1. The smallest absolute Gasteiger partial charge is 0.170 e. The molecule has 1 rings (SSSR count). The first-order valence-electron chi connectivity index (χ1n) is 5.79. The lowest BCUT2D eigenvalue weighted by Crippen LogP contribution is -2.22. The second-order valence-corrected chi connectivity index (χ2v) is 6.69. The number of hydrogen-bond donors (Lipinski definition) is 3. The van der Waals surface area contributed by atoms with E-state index in [2.05, 4.69) is 10.5 Å². The van der Waals surface area contributed by atoms with Crippen LogP contribution in [0.3, 0.4) is 0 Å². The van der Waals surface area contributed by atoms with Gasteiger partial charge < -0.3 is 16.3 Å². The van der Waals surface area contributed by atoms with E-state index in [4.69, 9.17) is 10.9 Å². The average molecular weight is 285 g/mol. The quantitative estimate of drug-likeness (QED) is 0.228. The zero-order valence-corrected chi connectivity index (χ0v) is 11.9. The van der Waals surface area contributed by atoms with Gasteiger partial charge in [-0.15, -0.1) is 0 Å². The summed E-state index contributed by atoms with van der Waals surface area (Å²) in [5.41, 5.74) is 8.19. The lowest BCUT2D eigenvalue weighted by molar-refractivity contribution is 0.318. The Morgan fingerprint density at radius 2 is 2.16 bits per heavy atom. The minimum Gasteiger partial charge on any atom is -0.409 e. The lowest BCUT2D eigenvalue weighted by atomic mass is 10.0. The number of sulfone groups is 1. The molecule has 0 radical (unpaired) electrons. The predicted molar refractivity (Wildman–Crippen MR) is 75.1 cm³/mol. The standard InChI is InChI=1S/C12H19N3O3S/c1-9-7-10(12(13)15-16)3-4-11(9)8-14-5-6-19(2,17)18/h3-4,7,14,16H,5-6,8H2,1-2H3,(H2,13,15). The van der Waals surface area contributed by atoms with Crippen molar-refractivity contribution in [3.05, 3.63) is 34.9 Å². The van der Waals surface area contributed by atoms with Crippen LogP contribution in [0.2, 0.25) is 0 Å². The van der Waals surface area contributed by atoms with Gasteiger partial charge in [-0.25, -0.2) is 8.42 Å². The van der Waals surface area contributed by atoms with Crippen molar-refractivity contribution in [2.75, 3.05) is 18.6 Å². The van der Waals surface area contributed by atoms with Gasteiger partial charge in [-0.2, -0.15) is 0 Å². The highest BCUT2D eigenvalue weighted by atomic mass is 32.2. The van der Waals surface area contributed by atoms with Crippen molar-refractivity contribution in [3.63, 3.8) is 0 Å². The monoisotopic (exact) mass is 285 g/mol. The molecule has 0 spiro atoms. The average Bonchev–Trinajstić information content (AvgIpc) is 2.33. The largest absolute Gasteiger partial charge is 0.409 e. The SMILES string of the molecule is Cc1cc(/C(N)=N/O)ccc1CNCCS(C)(=O)=O. The Morgan fingerprint density at radius 1 is 1.47 bits per heavy atom. The predicted octanol–water partition coefficient (Wildman–Crippen LogP) is 0.224. The van der Waals surface area contributed by atoms with Gasteiger partial charge in [-0.05, 0) is 24.1 Å². The maximum absolute atomic E-state index is 11.0. The number of nitrogens with two attached hydrogens (primary N) is 1. The van der Waals surface area contributed by atoms with E-state index in [1.165, 1.54) is 6.26 Å². The Morgan fingerprint density at radius 3 is 2.68 bits per heavy atom. The van der Waals surface area contributed by atoms with Crippen LogP contribution in [0.4, 0.5) is 0 Å². The summed E-state index contributed by atoms with van der Waals surface area (Å²) in [6.07, 6.45) is 1.21. The zero-order valence-electron chi connectivity index (χ0n) is 11.0. The van der Waals surface area contributed by atoms with Gasteiger partial charge in [0.2, 0.25) is 0 Å². The summed E-state index contributed by atoms with van der Waals surface area (Å²) in [4.78, 5) is 0. The molecule has 0 unspecified atom stereocenters. The highest BCUT2D eigenvalue weighted by Crippen LogP contribution is 2.10. The normalized spacial score (nSPS) is 12.6. The minimum absolute atomic E-state index is 0.0692. The van der Waals surface area contributed by atoms with Gasteiger partial charge in [0.15, 0.2) is 5.84 Å². The molecular weight excluding hydrogens is 266 g/mol. The van der Waals surface area contributed by atoms with E-state index >= 15 is 0 Å². The highest BCUT2D eigenvalue weighted by Gasteiger charge is 2.05. The lowest BCUT2D eigenvalue weighted by Gasteiger charge is -2.09. The zero-order chi connectivity index (χ0) is 14.5. The molecule has 0 saturated carbocycles. The van der Waals surface area contributed by atoms with Gasteiger partial charge in [-0.3, -0.25) is 0 Å². The fourth-order valence-corrected chi connectivity index (χ4v) is 2.11. The van der Waals surface area contributed by atoms with Crippen LogP contribution in [-0.2, 0) is 16.4 Å². The third-order valence-corrected chi connectivity index (χ3v) is 3.66. The third kappa shape index (κ3) is 5.27. The molecule has 0 fully saturated rings. The van der Waals surface area contributed by atoms with Gasteiger partial charge in [0.05, 0.1) is 5.75 Å². The van der Waals surface area contributed by atoms with E-state index in [1.54, 1.807) is 6.07 Å². The molecule has 0 aliphatic heterocycles. The third-order valence-electron chi connectivity index (χ3n) is 2.71. The van der Waals surface area contributed by atoms with Crippen molar-refractivity contribution in [3.8, 4) is 0 Å². The fourth-order valence-electron chi connectivity index (χ4n) is 1.59. The molecule has 0 amide bonds. The molecule has 7 heteroatoms. The second kappa shape index (κ2) is 6.53. The Hall–Kier alpha value is -1.60. The van der Waals surface area contributed by atoms with Crippen LogP contribution >= 0.6 is 0 Å². The number of nitrogens with zero attached hydrogens (tertiary/aromatic N) is 1. The summed E-state index contributed by atoms with van der Waals surface area (Å²) in [5, 5.41) is 14.6. The topological polar surface area (TPSA) is 105 Å². The Bertz CT molecular complexity index is 568. The molecule has 0 bridgehead atoms. The number of rotatable bonds is 6. The molecule has 0 heterocycles. The maximum Gasteiger partial charge on any atom is 0.170 e. The molecule has 0 saturated heterocycles. The fraction of sp³-hybridized carbons (Fsp3) is 0.417. The Balaban J connectivity index is 2.61. The van der Waals surface area contributed by atoms with Gasteiger partial charge >= 0.3 is 0 Å². The van der Waals surface area contributed by atoms with E-state index in [0.29, 0.717) is 18.7 Å². The van der Waals surface area contributed by atoms with Crippen LogP contribution in [-0.4, -0.2) is 38.0 Å². The Kier molecular flexibility index (Phi) is 5.31. The molecule has 1 aromatic carbocycles. The Labute approximate surface area is 113 Å². The van der Waals surface area contributed by atoms with E-state index in [1.807, 2.05) is 19.1 Å². The molecule has 0 aliphatic carbocycles. The summed E-state index contributed by atoms with van der Waals surface area (Å²) in [6, 6.07) is 5.45. The summed E-state index contributed by atoms with van der Waals surface area (Å²) in [7, 11) is -2.93. The summed E-state index contributed by atoms with van der Waals surface area (Å²) in [6.45, 7) is 2.92. The summed E-state index contributed by atoms with van der Waals surface area (Å²) >= 11 is 0. The molecule has 6 nitrogen and oxygen atoms in total. The second-order valence-electron chi connectivity index (χ2n) is 4.43. The van der Waals surface area contributed by atoms with E-state index in [-0.39, 0.29) is 11.6 Å². The van der Waals surface area contributed by atoms with E-state index in [9.17, 15) is 8.42 Å². The summed E-state index contributed by atoms with van der Waals surface area (Å²) in [5.74, 6) is 0.188. The van der Waals surface area contributed by atoms with Crippen molar-refractivity contribution in [1.29, 1.82) is 0 Å². The van der Waals surface area contributed by atoms with Crippen LogP contribution in [0.15, 0.2) is 23.4 Å². The first-order chi connectivity index (χ1) is 8.83. The van der Waals surface area contributed by atoms with Crippen molar-refractivity contribution in [2.45, 2.75) is 13.5 Å². The molecular formula is C12H19N3O3S. The maximum atomic E-state index is 11.0. The van der Waals surface area contributed by atoms with E-state index < -0.39 is 9.84 Å².